The molecule has 0 saturated carbocycles. The number of rotatable bonds is 4. The maximum Gasteiger partial charge on any atom is 0.277 e. The average Bonchev–Trinajstić information content (AvgIpc) is 3.12. The summed E-state index contributed by atoms with van der Waals surface area (Å²) < 4.78 is 2.93. The van der Waals surface area contributed by atoms with E-state index in [0.717, 1.165) is 22.5 Å². The molecule has 4 aromatic rings. The highest BCUT2D eigenvalue weighted by molar-refractivity contribution is 5.91. The molecule has 0 unspecified atom stereocenters. The molecule has 2 aromatic heterocycles. The molecular weight excluding hydrogens is 340 g/mol. The van der Waals surface area contributed by atoms with E-state index >= 15 is 0 Å². The molecule has 0 aliphatic rings. The van der Waals surface area contributed by atoms with Gasteiger partial charge in [0.25, 0.3) is 5.56 Å². The third-order valence-electron chi connectivity index (χ3n) is 4.41. The molecule has 0 spiro atoms. The maximum absolute atomic E-state index is 12.8. The lowest BCUT2D eigenvalue weighted by Gasteiger charge is -2.09. The molecule has 6 nitrogen and oxygen atoms in total. The van der Waals surface area contributed by atoms with Gasteiger partial charge >= 0.3 is 0 Å². The minimum absolute atomic E-state index is 0.0600. The number of carbonyl (C=O) groups excluding carboxylic acids is 1. The van der Waals surface area contributed by atoms with Gasteiger partial charge in [0.05, 0.1) is 5.69 Å². The Morgan fingerprint density at radius 2 is 1.78 bits per heavy atom. The van der Waals surface area contributed by atoms with Crippen molar-refractivity contribution in [2.45, 2.75) is 13.5 Å². The first-order valence-corrected chi connectivity index (χ1v) is 8.61. The lowest BCUT2D eigenvalue weighted by molar-refractivity contribution is -0.116. The third kappa shape index (κ3) is 3.37. The quantitative estimate of drug-likeness (QED) is 0.609. The highest BCUT2D eigenvalue weighted by Gasteiger charge is 2.11. The van der Waals surface area contributed by atoms with Crippen LogP contribution in [0.3, 0.4) is 0 Å². The molecule has 134 valence electrons. The number of nitrogens with zero attached hydrogens (tertiary/aromatic N) is 3. The fourth-order valence-electron chi connectivity index (χ4n) is 2.96. The van der Waals surface area contributed by atoms with Crippen LogP contribution in [0.5, 0.6) is 0 Å². The van der Waals surface area contributed by atoms with Gasteiger partial charge in [-0.25, -0.2) is 4.52 Å². The molecule has 0 atom stereocenters. The molecule has 27 heavy (non-hydrogen) atoms. The Morgan fingerprint density at radius 3 is 2.56 bits per heavy atom. The second-order valence-corrected chi connectivity index (χ2v) is 6.32. The largest absolute Gasteiger partial charge is 0.324 e. The van der Waals surface area contributed by atoms with Crippen molar-refractivity contribution in [3.8, 4) is 11.3 Å². The summed E-state index contributed by atoms with van der Waals surface area (Å²) in [6.07, 6.45) is 3.26. The lowest BCUT2D eigenvalue weighted by atomic mass is 10.1. The van der Waals surface area contributed by atoms with Gasteiger partial charge in [-0.3, -0.25) is 9.59 Å². The number of aryl methyl sites for hydroxylation is 1. The minimum Gasteiger partial charge on any atom is -0.324 e. The SMILES string of the molecule is Cc1ccccc1NC(=O)Cn1ccn2nc(-c3ccccc3)cc2c1=O. The fourth-order valence-corrected chi connectivity index (χ4v) is 2.96. The Balaban J connectivity index is 1.61. The molecule has 0 aliphatic heterocycles. The molecule has 1 N–H and O–H groups in total. The standard InChI is InChI=1S/C21H18N4O2/c1-15-7-5-6-10-17(15)22-20(26)14-24-11-12-25-19(21(24)27)13-18(23-25)16-8-3-2-4-9-16/h2-13H,14H2,1H3,(H,22,26). The van der Waals surface area contributed by atoms with Gasteiger partial charge in [-0.1, -0.05) is 48.5 Å². The first-order chi connectivity index (χ1) is 13.1. The lowest BCUT2D eigenvalue weighted by Crippen LogP contribution is -2.28. The van der Waals surface area contributed by atoms with Crippen molar-refractivity contribution in [2.75, 3.05) is 5.32 Å². The summed E-state index contributed by atoms with van der Waals surface area (Å²) in [5.41, 5.74) is 3.54. The summed E-state index contributed by atoms with van der Waals surface area (Å²) in [7, 11) is 0. The van der Waals surface area contributed by atoms with Crippen molar-refractivity contribution in [3.05, 3.63) is 89.0 Å². The van der Waals surface area contributed by atoms with E-state index < -0.39 is 0 Å². The number of para-hydroxylation sites is 1. The summed E-state index contributed by atoms with van der Waals surface area (Å²) >= 11 is 0. The number of hydrogen-bond donors (Lipinski definition) is 1. The maximum atomic E-state index is 12.8. The van der Waals surface area contributed by atoms with Crippen LogP contribution in [0.4, 0.5) is 5.69 Å². The summed E-state index contributed by atoms with van der Waals surface area (Å²) in [5, 5.41) is 7.29. The summed E-state index contributed by atoms with van der Waals surface area (Å²) in [6, 6.07) is 18.9. The Morgan fingerprint density at radius 1 is 1.04 bits per heavy atom. The predicted molar refractivity (Wildman–Crippen MR) is 105 cm³/mol. The number of nitrogens with one attached hydrogen (secondary N) is 1. The van der Waals surface area contributed by atoms with E-state index in [-0.39, 0.29) is 18.0 Å². The second kappa shape index (κ2) is 6.92. The summed E-state index contributed by atoms with van der Waals surface area (Å²) in [4.78, 5) is 25.1. The van der Waals surface area contributed by atoms with Crippen molar-refractivity contribution in [1.29, 1.82) is 0 Å². The van der Waals surface area contributed by atoms with Crippen LogP contribution in [0, 0.1) is 6.92 Å². The third-order valence-corrected chi connectivity index (χ3v) is 4.41. The van der Waals surface area contributed by atoms with E-state index in [0.29, 0.717) is 5.52 Å². The van der Waals surface area contributed by atoms with E-state index in [1.807, 2.05) is 61.5 Å². The van der Waals surface area contributed by atoms with Gasteiger partial charge in [-0.05, 0) is 24.6 Å². The van der Waals surface area contributed by atoms with Crippen molar-refractivity contribution in [3.63, 3.8) is 0 Å². The zero-order valence-corrected chi connectivity index (χ0v) is 14.8. The van der Waals surface area contributed by atoms with Crippen LogP contribution in [-0.2, 0) is 11.3 Å². The normalized spacial score (nSPS) is 10.9. The number of benzene rings is 2. The highest BCUT2D eigenvalue weighted by atomic mass is 16.2. The van der Waals surface area contributed by atoms with Crippen molar-refractivity contribution in [1.82, 2.24) is 14.2 Å². The fraction of sp³-hybridized carbons (Fsp3) is 0.0952. The minimum atomic E-state index is -0.257. The van der Waals surface area contributed by atoms with Crippen LogP contribution in [0.15, 0.2) is 77.9 Å². The van der Waals surface area contributed by atoms with Crippen LogP contribution in [-0.4, -0.2) is 20.1 Å². The zero-order valence-electron chi connectivity index (χ0n) is 14.8. The molecule has 0 fully saturated rings. The van der Waals surface area contributed by atoms with Gasteiger partial charge in [0.15, 0.2) is 0 Å². The number of carbonyl (C=O) groups is 1. The molecule has 1 amide bonds. The smallest absolute Gasteiger partial charge is 0.277 e. The summed E-state index contributed by atoms with van der Waals surface area (Å²) in [6.45, 7) is 1.86. The zero-order chi connectivity index (χ0) is 18.8. The topological polar surface area (TPSA) is 68.4 Å². The molecule has 0 radical (unpaired) electrons. The molecule has 6 heteroatoms. The molecule has 2 aromatic carbocycles. The van der Waals surface area contributed by atoms with Gasteiger partial charge in [-0.2, -0.15) is 5.10 Å². The van der Waals surface area contributed by atoms with Gasteiger partial charge in [-0.15, -0.1) is 0 Å². The molecular formula is C21H18N4O2. The Kier molecular flexibility index (Phi) is 4.30. The summed E-state index contributed by atoms with van der Waals surface area (Å²) in [5.74, 6) is -0.251. The Labute approximate surface area is 155 Å². The van der Waals surface area contributed by atoms with Crippen LogP contribution in [0.25, 0.3) is 16.8 Å². The first kappa shape index (κ1) is 16.8. The second-order valence-electron chi connectivity index (χ2n) is 6.32. The Bertz CT molecular complexity index is 1180. The van der Waals surface area contributed by atoms with Gasteiger partial charge < -0.3 is 9.88 Å². The van der Waals surface area contributed by atoms with Gasteiger partial charge in [0, 0.05) is 23.6 Å². The van der Waals surface area contributed by atoms with Crippen molar-refractivity contribution in [2.24, 2.45) is 0 Å². The van der Waals surface area contributed by atoms with E-state index in [2.05, 4.69) is 10.4 Å². The molecule has 0 bridgehead atoms. The van der Waals surface area contributed by atoms with Gasteiger partial charge in [0.1, 0.15) is 12.1 Å². The van der Waals surface area contributed by atoms with Crippen LogP contribution in [0.1, 0.15) is 5.56 Å². The van der Waals surface area contributed by atoms with Gasteiger partial charge in [0.2, 0.25) is 5.91 Å². The monoisotopic (exact) mass is 358 g/mol. The Hall–Kier alpha value is -3.67. The molecule has 0 aliphatic carbocycles. The number of aromatic nitrogens is 3. The van der Waals surface area contributed by atoms with E-state index in [1.165, 1.54) is 4.57 Å². The van der Waals surface area contributed by atoms with E-state index in [9.17, 15) is 9.59 Å². The molecule has 2 heterocycles. The predicted octanol–water partition coefficient (Wildman–Crippen LogP) is 3.11. The van der Waals surface area contributed by atoms with Crippen LogP contribution < -0.4 is 10.9 Å². The molecule has 0 saturated heterocycles. The van der Waals surface area contributed by atoms with Crippen molar-refractivity contribution >= 4 is 17.1 Å². The van der Waals surface area contributed by atoms with Crippen molar-refractivity contribution < 1.29 is 4.79 Å². The van der Waals surface area contributed by atoms with E-state index in [1.54, 1.807) is 23.0 Å². The first-order valence-electron chi connectivity index (χ1n) is 8.61. The van der Waals surface area contributed by atoms with Crippen LogP contribution >= 0.6 is 0 Å². The number of anilines is 1. The molecule has 4 rings (SSSR count). The van der Waals surface area contributed by atoms with Crippen LogP contribution in [0.2, 0.25) is 0 Å². The number of fused-ring (bicyclic) bond motifs is 1. The van der Waals surface area contributed by atoms with E-state index in [4.69, 9.17) is 0 Å². The number of hydrogen-bond acceptors (Lipinski definition) is 3. The highest BCUT2D eigenvalue weighted by Crippen LogP contribution is 2.17. The average molecular weight is 358 g/mol. The number of amides is 1.